The zero-order valence-corrected chi connectivity index (χ0v) is 16.4. The number of hydrogen-bond donors (Lipinski definition) is 2. The van der Waals surface area contributed by atoms with Crippen LogP contribution < -0.4 is 15.4 Å². The molecule has 3 aromatic rings. The quantitative estimate of drug-likeness (QED) is 0.559. The van der Waals surface area contributed by atoms with Crippen LogP contribution in [-0.2, 0) is 0 Å². The lowest BCUT2D eigenvalue weighted by atomic mass is 9.97. The first-order valence-corrected chi connectivity index (χ1v) is 9.48. The maximum Gasteiger partial charge on any atom is 0.171 e. The van der Waals surface area contributed by atoms with Gasteiger partial charge in [0.25, 0.3) is 0 Å². The summed E-state index contributed by atoms with van der Waals surface area (Å²) in [5.74, 6) is 0.851. The Labute approximate surface area is 166 Å². The molecule has 3 nitrogen and oxygen atoms in total. The average Bonchev–Trinajstić information content (AvgIpc) is 2.68. The molecule has 0 aromatic heterocycles. The van der Waals surface area contributed by atoms with Crippen molar-refractivity contribution in [3.63, 3.8) is 0 Å². The van der Waals surface area contributed by atoms with Gasteiger partial charge in [0.15, 0.2) is 5.11 Å². The fraction of sp³-hybridized carbons (Fsp3) is 0.174. The van der Waals surface area contributed by atoms with Crippen molar-refractivity contribution in [1.29, 1.82) is 0 Å². The van der Waals surface area contributed by atoms with E-state index in [1.54, 1.807) is 0 Å². The lowest BCUT2D eigenvalue weighted by Crippen LogP contribution is -2.33. The Bertz CT molecular complexity index is 878. The Balaban J connectivity index is 1.76. The molecule has 1 atom stereocenters. The second-order valence-electron chi connectivity index (χ2n) is 6.31. The first-order chi connectivity index (χ1) is 13.2. The molecule has 4 heteroatoms. The summed E-state index contributed by atoms with van der Waals surface area (Å²) in [4.78, 5) is 0. The SMILES string of the molecule is CCOc1ccc(NC(=S)N[C@H](c2ccccc2)c2cccc(C)c2)cc1. The van der Waals surface area contributed by atoms with Gasteiger partial charge in [-0.1, -0.05) is 60.2 Å². The number of rotatable bonds is 6. The highest BCUT2D eigenvalue weighted by atomic mass is 32.1. The van der Waals surface area contributed by atoms with Gasteiger partial charge in [0.05, 0.1) is 12.6 Å². The van der Waals surface area contributed by atoms with Crippen LogP contribution in [0.4, 0.5) is 5.69 Å². The van der Waals surface area contributed by atoms with Crippen LogP contribution in [0.2, 0.25) is 0 Å². The Morgan fingerprint density at radius 2 is 1.63 bits per heavy atom. The molecule has 2 N–H and O–H groups in total. The van der Waals surface area contributed by atoms with Gasteiger partial charge < -0.3 is 15.4 Å². The molecule has 0 amide bonds. The van der Waals surface area contributed by atoms with Crippen LogP contribution in [0.15, 0.2) is 78.9 Å². The molecular weight excluding hydrogens is 352 g/mol. The van der Waals surface area contributed by atoms with Gasteiger partial charge >= 0.3 is 0 Å². The van der Waals surface area contributed by atoms with E-state index in [0.29, 0.717) is 11.7 Å². The van der Waals surface area contributed by atoms with Crippen LogP contribution in [0, 0.1) is 6.92 Å². The molecule has 0 bridgehead atoms. The number of thiocarbonyl (C=S) groups is 1. The summed E-state index contributed by atoms with van der Waals surface area (Å²) in [6, 6.07) is 26.6. The molecule has 0 aliphatic carbocycles. The number of benzene rings is 3. The summed E-state index contributed by atoms with van der Waals surface area (Å²) >= 11 is 5.58. The molecule has 0 radical (unpaired) electrons. The number of anilines is 1. The van der Waals surface area contributed by atoms with E-state index >= 15 is 0 Å². The van der Waals surface area contributed by atoms with Crippen LogP contribution in [0.25, 0.3) is 0 Å². The van der Waals surface area contributed by atoms with Crippen molar-refractivity contribution >= 4 is 23.0 Å². The van der Waals surface area contributed by atoms with Crippen molar-refractivity contribution in [1.82, 2.24) is 5.32 Å². The molecule has 0 spiro atoms. The highest BCUT2D eigenvalue weighted by Crippen LogP contribution is 2.23. The van der Waals surface area contributed by atoms with E-state index in [1.807, 2.05) is 49.4 Å². The van der Waals surface area contributed by atoms with Crippen LogP contribution in [0.1, 0.15) is 29.7 Å². The second-order valence-corrected chi connectivity index (χ2v) is 6.72. The van der Waals surface area contributed by atoms with Gasteiger partial charge in [-0.15, -0.1) is 0 Å². The van der Waals surface area contributed by atoms with Crippen LogP contribution in [0.3, 0.4) is 0 Å². The van der Waals surface area contributed by atoms with Crippen molar-refractivity contribution in [3.05, 3.63) is 95.6 Å². The summed E-state index contributed by atoms with van der Waals surface area (Å²) in [5, 5.41) is 7.29. The van der Waals surface area contributed by atoms with Crippen LogP contribution in [-0.4, -0.2) is 11.7 Å². The van der Waals surface area contributed by atoms with E-state index in [1.165, 1.54) is 16.7 Å². The lowest BCUT2D eigenvalue weighted by Gasteiger charge is -2.22. The average molecular weight is 377 g/mol. The molecule has 3 rings (SSSR count). The molecule has 0 heterocycles. The molecule has 3 aromatic carbocycles. The summed E-state index contributed by atoms with van der Waals surface area (Å²) in [5.41, 5.74) is 4.49. The van der Waals surface area contributed by atoms with Gasteiger partial charge in [-0.05, 0) is 61.5 Å². The highest BCUT2D eigenvalue weighted by molar-refractivity contribution is 7.80. The van der Waals surface area contributed by atoms with Gasteiger partial charge in [0.2, 0.25) is 0 Å². The molecule has 0 saturated heterocycles. The normalized spacial score (nSPS) is 11.5. The van der Waals surface area contributed by atoms with E-state index in [-0.39, 0.29) is 6.04 Å². The smallest absolute Gasteiger partial charge is 0.171 e. The predicted molar refractivity (Wildman–Crippen MR) is 116 cm³/mol. The first kappa shape index (κ1) is 18.9. The van der Waals surface area contributed by atoms with Crippen molar-refractivity contribution in [3.8, 4) is 5.75 Å². The monoisotopic (exact) mass is 376 g/mol. The third-order valence-corrected chi connectivity index (χ3v) is 4.43. The molecule has 138 valence electrons. The summed E-state index contributed by atoms with van der Waals surface area (Å²) in [6.45, 7) is 4.73. The Morgan fingerprint density at radius 3 is 2.30 bits per heavy atom. The minimum Gasteiger partial charge on any atom is -0.494 e. The van der Waals surface area contributed by atoms with Crippen molar-refractivity contribution < 1.29 is 4.74 Å². The maximum absolute atomic E-state index is 5.58. The van der Waals surface area contributed by atoms with E-state index in [0.717, 1.165) is 11.4 Å². The molecule has 0 saturated carbocycles. The Morgan fingerprint density at radius 1 is 0.926 bits per heavy atom. The Hall–Kier alpha value is -2.85. The van der Waals surface area contributed by atoms with Gasteiger partial charge in [0.1, 0.15) is 5.75 Å². The van der Waals surface area contributed by atoms with Crippen LogP contribution >= 0.6 is 12.2 Å². The standard InChI is InChI=1S/C23H24N2OS/c1-3-26-21-14-12-20(13-15-21)24-23(27)25-22(18-9-5-4-6-10-18)19-11-7-8-17(2)16-19/h4-16,22H,3H2,1-2H3,(H2,24,25,27)/t22-/m1/s1. The summed E-state index contributed by atoms with van der Waals surface area (Å²) in [7, 11) is 0. The van der Waals surface area contributed by atoms with Crippen molar-refractivity contribution in [2.45, 2.75) is 19.9 Å². The molecule has 0 aliphatic rings. The van der Waals surface area contributed by atoms with Crippen LogP contribution in [0.5, 0.6) is 5.75 Å². The largest absolute Gasteiger partial charge is 0.494 e. The number of hydrogen-bond acceptors (Lipinski definition) is 2. The summed E-state index contributed by atoms with van der Waals surface area (Å²) in [6.07, 6.45) is 0. The molecule has 27 heavy (non-hydrogen) atoms. The van der Waals surface area contributed by atoms with Crippen molar-refractivity contribution in [2.75, 3.05) is 11.9 Å². The molecular formula is C23H24N2OS. The number of nitrogens with one attached hydrogen (secondary N) is 2. The highest BCUT2D eigenvalue weighted by Gasteiger charge is 2.15. The van der Waals surface area contributed by atoms with E-state index in [4.69, 9.17) is 17.0 Å². The second kappa shape index (κ2) is 9.19. The minimum absolute atomic E-state index is 0.0196. The minimum atomic E-state index is -0.0196. The first-order valence-electron chi connectivity index (χ1n) is 9.07. The third-order valence-electron chi connectivity index (χ3n) is 4.21. The Kier molecular flexibility index (Phi) is 6.44. The number of aryl methyl sites for hydroxylation is 1. The van der Waals surface area contributed by atoms with Gasteiger partial charge in [-0.25, -0.2) is 0 Å². The fourth-order valence-electron chi connectivity index (χ4n) is 2.95. The van der Waals surface area contributed by atoms with Gasteiger partial charge in [-0.3, -0.25) is 0 Å². The van der Waals surface area contributed by atoms with E-state index in [2.05, 4.69) is 54.0 Å². The van der Waals surface area contributed by atoms with Crippen molar-refractivity contribution in [2.24, 2.45) is 0 Å². The zero-order chi connectivity index (χ0) is 19.1. The maximum atomic E-state index is 5.58. The third kappa shape index (κ3) is 5.31. The predicted octanol–water partition coefficient (Wildman–Crippen LogP) is 5.47. The molecule has 0 aliphatic heterocycles. The van der Waals surface area contributed by atoms with E-state index < -0.39 is 0 Å². The van der Waals surface area contributed by atoms with Gasteiger partial charge in [0, 0.05) is 5.69 Å². The molecule has 0 unspecified atom stereocenters. The summed E-state index contributed by atoms with van der Waals surface area (Å²) < 4.78 is 5.48. The van der Waals surface area contributed by atoms with E-state index in [9.17, 15) is 0 Å². The topological polar surface area (TPSA) is 33.3 Å². The lowest BCUT2D eigenvalue weighted by molar-refractivity contribution is 0.340. The van der Waals surface area contributed by atoms with Gasteiger partial charge in [-0.2, -0.15) is 0 Å². The number of ether oxygens (including phenoxy) is 1. The molecule has 0 fully saturated rings. The fourth-order valence-corrected chi connectivity index (χ4v) is 3.19. The zero-order valence-electron chi connectivity index (χ0n) is 15.6.